The first kappa shape index (κ1) is 21.3. The summed E-state index contributed by atoms with van der Waals surface area (Å²) >= 11 is 0. The van der Waals surface area contributed by atoms with Crippen molar-refractivity contribution in [3.8, 4) is 11.6 Å². The molecular weight excluding hydrogens is 416 g/mol. The van der Waals surface area contributed by atoms with Crippen LogP contribution >= 0.6 is 0 Å². The van der Waals surface area contributed by atoms with E-state index in [1.165, 1.54) is 4.31 Å². The molecule has 0 unspecified atom stereocenters. The molecule has 0 bridgehead atoms. The summed E-state index contributed by atoms with van der Waals surface area (Å²) in [5.74, 6) is 2.05. The highest BCUT2D eigenvalue weighted by molar-refractivity contribution is 7.89. The molecule has 1 fully saturated rings. The molecule has 1 aromatic carbocycles. The second-order valence-corrected chi connectivity index (χ2v) is 9.55. The van der Waals surface area contributed by atoms with Crippen LogP contribution < -0.4 is 9.64 Å². The van der Waals surface area contributed by atoms with Gasteiger partial charge in [0.2, 0.25) is 10.0 Å². The number of hydrogen-bond acceptors (Lipinski definition) is 7. The minimum Gasteiger partial charge on any atom is -0.496 e. The van der Waals surface area contributed by atoms with Gasteiger partial charge in [-0.2, -0.15) is 9.40 Å². The van der Waals surface area contributed by atoms with Crippen LogP contribution in [-0.4, -0.2) is 66.0 Å². The molecule has 0 atom stereocenters. The Bertz CT molecular complexity index is 1180. The normalized spacial score (nSPS) is 15.3. The van der Waals surface area contributed by atoms with Crippen LogP contribution in [-0.2, 0) is 10.0 Å². The van der Waals surface area contributed by atoms with E-state index in [0.717, 1.165) is 22.8 Å². The van der Waals surface area contributed by atoms with Crippen LogP contribution in [0, 0.1) is 20.8 Å². The maximum atomic E-state index is 13.0. The van der Waals surface area contributed by atoms with E-state index in [4.69, 9.17) is 4.74 Å². The van der Waals surface area contributed by atoms with Gasteiger partial charge in [-0.25, -0.2) is 13.1 Å². The highest BCUT2D eigenvalue weighted by atomic mass is 32.2. The molecule has 0 aliphatic carbocycles. The van der Waals surface area contributed by atoms with Gasteiger partial charge < -0.3 is 9.64 Å². The van der Waals surface area contributed by atoms with Gasteiger partial charge in [0.15, 0.2) is 11.6 Å². The Morgan fingerprint density at radius 2 is 1.58 bits per heavy atom. The van der Waals surface area contributed by atoms with Crippen LogP contribution in [0.15, 0.2) is 41.3 Å². The second kappa shape index (κ2) is 8.27. The molecule has 1 aliphatic heterocycles. The third-order valence-electron chi connectivity index (χ3n) is 5.43. The largest absolute Gasteiger partial charge is 0.496 e. The molecule has 0 amide bonds. The summed E-state index contributed by atoms with van der Waals surface area (Å²) in [5, 5.41) is 13.1. The Balaban J connectivity index is 1.44. The topological polar surface area (TPSA) is 93.5 Å². The number of ether oxygens (including phenoxy) is 1. The third-order valence-corrected chi connectivity index (χ3v) is 7.32. The van der Waals surface area contributed by atoms with Crippen molar-refractivity contribution >= 4 is 15.8 Å². The number of benzene rings is 1. The Morgan fingerprint density at radius 1 is 0.903 bits per heavy atom. The van der Waals surface area contributed by atoms with E-state index in [0.29, 0.717) is 37.7 Å². The molecule has 31 heavy (non-hydrogen) atoms. The van der Waals surface area contributed by atoms with Crippen LogP contribution in [0.4, 0.5) is 5.82 Å². The van der Waals surface area contributed by atoms with Gasteiger partial charge in [-0.1, -0.05) is 0 Å². The summed E-state index contributed by atoms with van der Waals surface area (Å²) in [5.41, 5.74) is 2.71. The lowest BCUT2D eigenvalue weighted by molar-refractivity contribution is 0.383. The van der Waals surface area contributed by atoms with E-state index in [9.17, 15) is 8.42 Å². The maximum absolute atomic E-state index is 13.0. The summed E-state index contributed by atoms with van der Waals surface area (Å²) in [6.45, 7) is 7.60. The molecule has 164 valence electrons. The molecule has 4 rings (SSSR count). The minimum atomic E-state index is -3.56. The van der Waals surface area contributed by atoms with Gasteiger partial charge in [-0.3, -0.25) is 0 Å². The number of aryl methyl sites for hydroxylation is 3. The fourth-order valence-electron chi connectivity index (χ4n) is 3.78. The highest BCUT2D eigenvalue weighted by Crippen LogP contribution is 2.25. The molecule has 3 aromatic rings. The molecule has 9 nitrogen and oxygen atoms in total. The standard InChI is InChI=1S/C21H26N6O3S/c1-15-13-18(5-6-19(15)30-4)31(28,29)26-11-9-25(10-12-26)20-7-8-21(23-22-20)27-17(3)14-16(2)24-27/h5-8,13-14H,9-12H2,1-4H3. The van der Waals surface area contributed by atoms with Gasteiger partial charge in [0.25, 0.3) is 0 Å². The average Bonchev–Trinajstić information content (AvgIpc) is 3.11. The number of aromatic nitrogens is 4. The van der Waals surface area contributed by atoms with E-state index in [1.54, 1.807) is 30.0 Å². The number of nitrogens with zero attached hydrogens (tertiary/aromatic N) is 6. The molecule has 0 spiro atoms. The summed E-state index contributed by atoms with van der Waals surface area (Å²) in [4.78, 5) is 2.33. The molecule has 1 saturated heterocycles. The minimum absolute atomic E-state index is 0.285. The summed E-state index contributed by atoms with van der Waals surface area (Å²) in [6, 6.07) is 10.7. The fraction of sp³-hybridized carbons (Fsp3) is 0.381. The van der Waals surface area contributed by atoms with Crippen LogP contribution in [0.1, 0.15) is 17.0 Å². The number of piperazine rings is 1. The van der Waals surface area contributed by atoms with Crippen LogP contribution in [0.2, 0.25) is 0 Å². The van der Waals surface area contributed by atoms with Crippen molar-refractivity contribution < 1.29 is 13.2 Å². The van der Waals surface area contributed by atoms with Gasteiger partial charge in [0.05, 0.1) is 17.7 Å². The molecule has 3 heterocycles. The van der Waals surface area contributed by atoms with Gasteiger partial charge in [-0.15, -0.1) is 10.2 Å². The lowest BCUT2D eigenvalue weighted by Crippen LogP contribution is -2.49. The zero-order valence-corrected chi connectivity index (χ0v) is 18.9. The van der Waals surface area contributed by atoms with Crippen LogP contribution in [0.5, 0.6) is 5.75 Å². The summed E-state index contributed by atoms with van der Waals surface area (Å²) < 4.78 is 34.6. The quantitative estimate of drug-likeness (QED) is 0.597. The van der Waals surface area contributed by atoms with Gasteiger partial charge >= 0.3 is 0 Å². The third kappa shape index (κ3) is 4.13. The number of hydrogen-bond donors (Lipinski definition) is 0. The molecule has 0 saturated carbocycles. The van der Waals surface area contributed by atoms with Crippen molar-refractivity contribution in [1.29, 1.82) is 0 Å². The zero-order valence-electron chi connectivity index (χ0n) is 18.1. The van der Waals surface area contributed by atoms with Crippen LogP contribution in [0.25, 0.3) is 5.82 Å². The number of sulfonamides is 1. The van der Waals surface area contributed by atoms with E-state index in [-0.39, 0.29) is 4.90 Å². The van der Waals surface area contributed by atoms with E-state index >= 15 is 0 Å². The monoisotopic (exact) mass is 442 g/mol. The molecule has 1 aliphatic rings. The first-order valence-corrected chi connectivity index (χ1v) is 11.5. The summed E-state index contributed by atoms with van der Waals surface area (Å²) in [6.07, 6.45) is 0. The Labute approximate surface area is 182 Å². The lowest BCUT2D eigenvalue weighted by atomic mass is 10.2. The van der Waals surface area contributed by atoms with Gasteiger partial charge in [0.1, 0.15) is 5.75 Å². The predicted molar refractivity (Wildman–Crippen MR) is 117 cm³/mol. The van der Waals surface area contributed by atoms with Crippen LogP contribution in [0.3, 0.4) is 0 Å². The fourth-order valence-corrected chi connectivity index (χ4v) is 5.29. The van der Waals surface area contributed by atoms with Crippen molar-refractivity contribution in [2.45, 2.75) is 25.7 Å². The number of anilines is 1. The highest BCUT2D eigenvalue weighted by Gasteiger charge is 2.29. The van der Waals surface area contributed by atoms with E-state index in [1.807, 2.05) is 43.9 Å². The second-order valence-electron chi connectivity index (χ2n) is 7.61. The predicted octanol–water partition coefficient (Wildman–Crippen LogP) is 2.11. The first-order valence-electron chi connectivity index (χ1n) is 10.1. The first-order chi connectivity index (χ1) is 14.8. The smallest absolute Gasteiger partial charge is 0.243 e. The van der Waals surface area contributed by atoms with Crippen molar-refractivity contribution in [1.82, 2.24) is 24.3 Å². The SMILES string of the molecule is COc1ccc(S(=O)(=O)N2CCN(c3ccc(-n4nc(C)cc4C)nn3)CC2)cc1C. The van der Waals surface area contributed by atoms with Gasteiger partial charge in [0, 0.05) is 31.9 Å². The lowest BCUT2D eigenvalue weighted by Gasteiger charge is -2.34. The summed E-state index contributed by atoms with van der Waals surface area (Å²) in [7, 11) is -1.99. The van der Waals surface area contributed by atoms with E-state index in [2.05, 4.69) is 15.3 Å². The van der Waals surface area contributed by atoms with Crippen molar-refractivity contribution in [3.05, 3.63) is 53.3 Å². The van der Waals surface area contributed by atoms with Crippen molar-refractivity contribution in [2.75, 3.05) is 38.2 Å². The van der Waals surface area contributed by atoms with E-state index < -0.39 is 10.0 Å². The molecule has 10 heteroatoms. The van der Waals surface area contributed by atoms with Crippen molar-refractivity contribution in [2.24, 2.45) is 0 Å². The maximum Gasteiger partial charge on any atom is 0.243 e. The van der Waals surface area contributed by atoms with Crippen molar-refractivity contribution in [3.63, 3.8) is 0 Å². The molecule has 2 aromatic heterocycles. The average molecular weight is 443 g/mol. The molecule has 0 radical (unpaired) electrons. The zero-order chi connectivity index (χ0) is 22.2. The number of rotatable bonds is 5. The Kier molecular flexibility index (Phi) is 5.67. The Morgan fingerprint density at radius 3 is 2.13 bits per heavy atom. The van der Waals surface area contributed by atoms with Gasteiger partial charge in [-0.05, 0) is 62.7 Å². The molecule has 0 N–H and O–H groups in total. The number of methoxy groups -OCH3 is 1. The Hall–Kier alpha value is -2.98. The molecular formula is C21H26N6O3S.